The number of nitrogens with two attached hydrogens (primary N) is 1. The summed E-state index contributed by atoms with van der Waals surface area (Å²) in [6.45, 7) is 2.93. The lowest BCUT2D eigenvalue weighted by atomic mass is 10.3. The summed E-state index contributed by atoms with van der Waals surface area (Å²) in [5.74, 6) is 0. The number of ether oxygens (including phenoxy) is 1. The van der Waals surface area contributed by atoms with Crippen molar-refractivity contribution in [2.75, 3.05) is 20.3 Å². The quantitative estimate of drug-likeness (QED) is 0.724. The molecule has 0 fully saturated rings. The van der Waals surface area contributed by atoms with Gasteiger partial charge < -0.3 is 10.5 Å². The number of sulfonamides is 1. The fraction of sp³-hybridized carbons (Fsp3) is 0.600. The van der Waals surface area contributed by atoms with Gasteiger partial charge >= 0.3 is 0 Å². The van der Waals surface area contributed by atoms with Crippen LogP contribution >= 0.6 is 11.3 Å². The lowest BCUT2D eigenvalue weighted by Crippen LogP contribution is -2.26. The summed E-state index contributed by atoms with van der Waals surface area (Å²) in [6, 6.07) is 0. The van der Waals surface area contributed by atoms with Gasteiger partial charge in [-0.1, -0.05) is 0 Å². The van der Waals surface area contributed by atoms with Crippen molar-refractivity contribution in [1.82, 2.24) is 4.72 Å². The van der Waals surface area contributed by atoms with E-state index < -0.39 is 10.0 Å². The summed E-state index contributed by atoms with van der Waals surface area (Å²) < 4.78 is 31.5. The standard InChI is InChI=1S/C10H18N2O3S2/c1-8-7-16-9(6-11)10(8)17(13,14)12-4-3-5-15-2/h7,12H,3-6,11H2,1-2H3. The van der Waals surface area contributed by atoms with Crippen LogP contribution in [0.2, 0.25) is 0 Å². The average molecular weight is 278 g/mol. The molecule has 0 aromatic carbocycles. The summed E-state index contributed by atoms with van der Waals surface area (Å²) in [7, 11) is -1.86. The van der Waals surface area contributed by atoms with Crippen LogP contribution in [-0.2, 0) is 21.3 Å². The summed E-state index contributed by atoms with van der Waals surface area (Å²) in [6.07, 6.45) is 0.650. The molecule has 0 aliphatic carbocycles. The predicted molar refractivity (Wildman–Crippen MR) is 68.6 cm³/mol. The molecule has 0 bridgehead atoms. The zero-order chi connectivity index (χ0) is 12.9. The maximum atomic E-state index is 12.1. The Morgan fingerprint density at radius 3 is 2.82 bits per heavy atom. The smallest absolute Gasteiger partial charge is 0.241 e. The van der Waals surface area contributed by atoms with Crippen molar-refractivity contribution >= 4 is 21.4 Å². The third kappa shape index (κ3) is 3.75. The molecule has 0 aliphatic rings. The molecule has 7 heteroatoms. The van der Waals surface area contributed by atoms with Crippen LogP contribution in [0.4, 0.5) is 0 Å². The van der Waals surface area contributed by atoms with Crippen LogP contribution in [0.15, 0.2) is 10.3 Å². The molecule has 1 aromatic heterocycles. The second-order valence-corrected chi connectivity index (χ2v) is 6.29. The van der Waals surface area contributed by atoms with E-state index in [0.717, 1.165) is 5.56 Å². The monoisotopic (exact) mass is 278 g/mol. The molecule has 1 heterocycles. The van der Waals surface area contributed by atoms with Gasteiger partial charge in [0.05, 0.1) is 0 Å². The zero-order valence-electron chi connectivity index (χ0n) is 10.0. The van der Waals surface area contributed by atoms with Crippen molar-refractivity contribution in [1.29, 1.82) is 0 Å². The lowest BCUT2D eigenvalue weighted by molar-refractivity contribution is 0.196. The topological polar surface area (TPSA) is 81.4 Å². The second kappa shape index (κ2) is 6.46. The van der Waals surface area contributed by atoms with Gasteiger partial charge in [0.1, 0.15) is 4.90 Å². The first-order valence-electron chi connectivity index (χ1n) is 5.28. The van der Waals surface area contributed by atoms with Crippen molar-refractivity contribution in [2.45, 2.75) is 24.8 Å². The molecule has 5 nitrogen and oxygen atoms in total. The maximum Gasteiger partial charge on any atom is 0.241 e. The van der Waals surface area contributed by atoms with E-state index >= 15 is 0 Å². The van der Waals surface area contributed by atoms with E-state index in [1.807, 2.05) is 5.38 Å². The Balaban J connectivity index is 2.78. The zero-order valence-corrected chi connectivity index (χ0v) is 11.7. The Labute approximate surface area is 106 Å². The highest BCUT2D eigenvalue weighted by Crippen LogP contribution is 2.26. The van der Waals surface area contributed by atoms with E-state index in [-0.39, 0.29) is 6.54 Å². The Bertz CT molecular complexity index is 454. The van der Waals surface area contributed by atoms with Crippen LogP contribution in [0.1, 0.15) is 16.9 Å². The number of hydrogen-bond acceptors (Lipinski definition) is 5. The molecule has 0 saturated carbocycles. The van der Waals surface area contributed by atoms with Gasteiger partial charge in [0, 0.05) is 31.7 Å². The van der Waals surface area contributed by atoms with Crippen LogP contribution in [-0.4, -0.2) is 28.7 Å². The summed E-state index contributed by atoms with van der Waals surface area (Å²) in [5, 5.41) is 1.81. The molecular weight excluding hydrogens is 260 g/mol. The minimum absolute atomic E-state index is 0.243. The van der Waals surface area contributed by atoms with Gasteiger partial charge in [0.25, 0.3) is 0 Å². The summed E-state index contributed by atoms with van der Waals surface area (Å²) in [5.41, 5.74) is 6.28. The lowest BCUT2D eigenvalue weighted by Gasteiger charge is -2.08. The first-order chi connectivity index (χ1) is 8.03. The molecule has 98 valence electrons. The van der Waals surface area contributed by atoms with Gasteiger partial charge in [0.2, 0.25) is 10.0 Å². The minimum Gasteiger partial charge on any atom is -0.385 e. The van der Waals surface area contributed by atoms with E-state index in [4.69, 9.17) is 10.5 Å². The molecule has 1 rings (SSSR count). The second-order valence-electron chi connectivity index (χ2n) is 3.62. The average Bonchev–Trinajstić information content (AvgIpc) is 2.66. The number of aryl methyl sites for hydroxylation is 1. The first-order valence-corrected chi connectivity index (χ1v) is 7.65. The number of thiophene rings is 1. The van der Waals surface area contributed by atoms with Crippen LogP contribution in [0.25, 0.3) is 0 Å². The third-order valence-electron chi connectivity index (χ3n) is 2.26. The predicted octanol–water partition coefficient (Wildman–Crippen LogP) is 0.830. The van der Waals surface area contributed by atoms with Crippen molar-refractivity contribution in [3.8, 4) is 0 Å². The molecule has 0 amide bonds. The van der Waals surface area contributed by atoms with Crippen LogP contribution in [0.5, 0.6) is 0 Å². The highest BCUT2D eigenvalue weighted by atomic mass is 32.2. The van der Waals surface area contributed by atoms with Crippen molar-refractivity contribution in [3.63, 3.8) is 0 Å². The fourth-order valence-electron chi connectivity index (χ4n) is 1.48. The van der Waals surface area contributed by atoms with Gasteiger partial charge in [-0.2, -0.15) is 0 Å². The van der Waals surface area contributed by atoms with E-state index in [1.54, 1.807) is 14.0 Å². The van der Waals surface area contributed by atoms with Crippen molar-refractivity contribution in [2.24, 2.45) is 5.73 Å². The van der Waals surface area contributed by atoms with Gasteiger partial charge in [0.15, 0.2) is 0 Å². The third-order valence-corrected chi connectivity index (χ3v) is 5.21. The van der Waals surface area contributed by atoms with E-state index in [2.05, 4.69) is 4.72 Å². The van der Waals surface area contributed by atoms with E-state index in [9.17, 15) is 8.42 Å². The minimum atomic E-state index is -3.45. The van der Waals surface area contributed by atoms with Crippen molar-refractivity contribution in [3.05, 3.63) is 15.8 Å². The van der Waals surface area contributed by atoms with Crippen molar-refractivity contribution < 1.29 is 13.2 Å². The highest BCUT2D eigenvalue weighted by Gasteiger charge is 2.21. The molecule has 0 saturated heterocycles. The van der Waals surface area contributed by atoms with Crippen LogP contribution in [0.3, 0.4) is 0 Å². The molecule has 0 spiro atoms. The van der Waals surface area contributed by atoms with E-state index in [1.165, 1.54) is 11.3 Å². The molecule has 0 aliphatic heterocycles. The Morgan fingerprint density at radius 2 is 2.24 bits per heavy atom. The van der Waals surface area contributed by atoms with Crippen LogP contribution in [0, 0.1) is 6.92 Å². The normalized spacial score (nSPS) is 11.9. The largest absolute Gasteiger partial charge is 0.385 e. The molecule has 3 N–H and O–H groups in total. The Morgan fingerprint density at radius 1 is 1.53 bits per heavy atom. The van der Waals surface area contributed by atoms with Crippen LogP contribution < -0.4 is 10.5 Å². The van der Waals surface area contributed by atoms with Gasteiger partial charge in [-0.05, 0) is 24.3 Å². The molecule has 1 aromatic rings. The first kappa shape index (κ1) is 14.6. The number of nitrogens with one attached hydrogen (secondary N) is 1. The van der Waals surface area contributed by atoms with Gasteiger partial charge in [-0.3, -0.25) is 0 Å². The number of hydrogen-bond donors (Lipinski definition) is 2. The molecule has 0 atom stereocenters. The summed E-state index contributed by atoms with van der Waals surface area (Å²) >= 11 is 1.38. The number of methoxy groups -OCH3 is 1. The van der Waals surface area contributed by atoms with Gasteiger partial charge in [-0.25, -0.2) is 13.1 Å². The molecule has 0 unspecified atom stereocenters. The molecule has 17 heavy (non-hydrogen) atoms. The molecular formula is C10H18N2O3S2. The Kier molecular flexibility index (Phi) is 5.54. The SMILES string of the molecule is COCCCNS(=O)(=O)c1c(C)csc1CN. The van der Waals surface area contributed by atoms with Gasteiger partial charge in [-0.15, -0.1) is 11.3 Å². The fourth-order valence-corrected chi connectivity index (χ4v) is 4.26. The highest BCUT2D eigenvalue weighted by molar-refractivity contribution is 7.89. The van der Waals surface area contributed by atoms with E-state index in [0.29, 0.717) is 29.3 Å². The molecule has 0 radical (unpaired) electrons. The number of rotatable bonds is 7. The maximum absolute atomic E-state index is 12.1. The Hall–Kier alpha value is -0.470. The summed E-state index contributed by atoms with van der Waals surface area (Å²) in [4.78, 5) is 1.03.